The molecule has 0 aromatic carbocycles. The fraction of sp³-hybridized carbons (Fsp3) is 0.733. The van der Waals surface area contributed by atoms with E-state index in [0.717, 1.165) is 29.9 Å². The summed E-state index contributed by atoms with van der Waals surface area (Å²) in [5.74, 6) is 1.80. The van der Waals surface area contributed by atoms with Crippen molar-refractivity contribution in [2.24, 2.45) is 0 Å². The van der Waals surface area contributed by atoms with Gasteiger partial charge in [-0.1, -0.05) is 18.2 Å². The van der Waals surface area contributed by atoms with Crippen LogP contribution in [0.1, 0.15) is 33.1 Å². The molecule has 1 aromatic rings. The fourth-order valence-corrected chi connectivity index (χ4v) is 3.07. The van der Waals surface area contributed by atoms with Crippen LogP contribution in [0.3, 0.4) is 0 Å². The Hall–Kier alpha value is -1.01. The Morgan fingerprint density at radius 2 is 1.95 bits per heavy atom. The van der Waals surface area contributed by atoms with Gasteiger partial charge in [0.15, 0.2) is 5.16 Å². The monoisotopic (exact) mass is 309 g/mol. The summed E-state index contributed by atoms with van der Waals surface area (Å²) in [7, 11) is 0. The normalized spacial score (nSPS) is 17.5. The quantitative estimate of drug-likeness (QED) is 0.597. The lowest BCUT2D eigenvalue weighted by Gasteiger charge is -2.29. The van der Waals surface area contributed by atoms with Gasteiger partial charge >= 0.3 is 0 Å². The number of anilines is 2. The molecule has 21 heavy (non-hydrogen) atoms. The second kappa shape index (κ2) is 8.44. The van der Waals surface area contributed by atoms with Gasteiger partial charge < -0.3 is 15.5 Å². The van der Waals surface area contributed by atoms with Gasteiger partial charge in [-0.2, -0.15) is 0 Å². The number of nitrogens with zero attached hydrogens (tertiary/aromatic N) is 3. The first-order valence-electron chi connectivity index (χ1n) is 7.87. The Morgan fingerprint density at radius 1 is 1.24 bits per heavy atom. The minimum Gasteiger partial charge on any atom is -0.370 e. The summed E-state index contributed by atoms with van der Waals surface area (Å²) in [6.07, 6.45) is 6.06. The molecule has 0 radical (unpaired) electrons. The Labute approximate surface area is 132 Å². The van der Waals surface area contributed by atoms with Crippen LogP contribution in [-0.2, 0) is 0 Å². The number of hydrogen-bond donors (Lipinski definition) is 2. The van der Waals surface area contributed by atoms with E-state index in [1.54, 1.807) is 11.8 Å². The number of nitrogens with one attached hydrogen (secondary N) is 2. The molecule has 0 saturated carbocycles. The lowest BCUT2D eigenvalue weighted by molar-refractivity contribution is 0.223. The molecule has 1 aromatic heterocycles. The third kappa shape index (κ3) is 5.36. The highest BCUT2D eigenvalue weighted by Gasteiger charge is 2.14. The van der Waals surface area contributed by atoms with Crippen molar-refractivity contribution >= 4 is 23.4 Å². The van der Waals surface area contributed by atoms with E-state index in [-0.39, 0.29) is 0 Å². The summed E-state index contributed by atoms with van der Waals surface area (Å²) in [5, 5.41) is 7.59. The van der Waals surface area contributed by atoms with E-state index in [1.807, 2.05) is 12.3 Å². The molecule has 1 saturated heterocycles. The van der Waals surface area contributed by atoms with Crippen LogP contribution >= 0.6 is 11.8 Å². The van der Waals surface area contributed by atoms with E-state index < -0.39 is 0 Å². The molecule has 0 spiro atoms. The van der Waals surface area contributed by atoms with Gasteiger partial charge in [0.05, 0.1) is 0 Å². The Balaban J connectivity index is 1.95. The summed E-state index contributed by atoms with van der Waals surface area (Å²) in [4.78, 5) is 11.5. The minimum atomic E-state index is 0.391. The van der Waals surface area contributed by atoms with Crippen LogP contribution in [0.4, 0.5) is 11.6 Å². The summed E-state index contributed by atoms with van der Waals surface area (Å²) in [6.45, 7) is 8.71. The predicted octanol–water partition coefficient (Wildman–Crippen LogP) is 2.92. The van der Waals surface area contributed by atoms with Crippen molar-refractivity contribution in [3.8, 4) is 0 Å². The molecule has 0 amide bonds. The van der Waals surface area contributed by atoms with Gasteiger partial charge in [0.1, 0.15) is 11.6 Å². The third-order valence-corrected chi connectivity index (χ3v) is 4.17. The number of thioether (sulfide) groups is 1. The molecule has 6 heteroatoms. The van der Waals surface area contributed by atoms with Crippen molar-refractivity contribution in [2.75, 3.05) is 43.1 Å². The topological polar surface area (TPSA) is 53.1 Å². The lowest BCUT2D eigenvalue weighted by Crippen LogP contribution is -2.38. The van der Waals surface area contributed by atoms with Crippen molar-refractivity contribution in [3.63, 3.8) is 0 Å². The summed E-state index contributed by atoms with van der Waals surface area (Å²) in [5.41, 5.74) is 0. The SMILES string of the molecule is CCNc1cc(NC(C)CN2CCCCC2)nc(SC)n1. The molecule has 2 N–H and O–H groups in total. The van der Waals surface area contributed by atoms with Gasteiger partial charge in [0.2, 0.25) is 0 Å². The second-order valence-electron chi connectivity index (χ2n) is 5.56. The second-order valence-corrected chi connectivity index (χ2v) is 6.34. The number of piperidine rings is 1. The highest BCUT2D eigenvalue weighted by Crippen LogP contribution is 2.18. The van der Waals surface area contributed by atoms with Crippen LogP contribution in [-0.4, -0.2) is 53.3 Å². The molecular formula is C15H27N5S. The molecule has 2 heterocycles. The first-order valence-corrected chi connectivity index (χ1v) is 9.09. The molecule has 1 unspecified atom stereocenters. The summed E-state index contributed by atoms with van der Waals surface area (Å²) < 4.78 is 0. The van der Waals surface area contributed by atoms with Crippen LogP contribution in [0.5, 0.6) is 0 Å². The highest BCUT2D eigenvalue weighted by molar-refractivity contribution is 7.98. The van der Waals surface area contributed by atoms with Crippen molar-refractivity contribution in [3.05, 3.63) is 6.07 Å². The fourth-order valence-electron chi connectivity index (χ4n) is 2.69. The van der Waals surface area contributed by atoms with Gasteiger partial charge in [-0.05, 0) is 46.0 Å². The summed E-state index contributed by atoms with van der Waals surface area (Å²) in [6, 6.07) is 2.39. The smallest absolute Gasteiger partial charge is 0.191 e. The minimum absolute atomic E-state index is 0.391. The Kier molecular flexibility index (Phi) is 6.57. The van der Waals surface area contributed by atoms with E-state index in [2.05, 4.69) is 39.3 Å². The van der Waals surface area contributed by atoms with Crippen LogP contribution in [0.2, 0.25) is 0 Å². The van der Waals surface area contributed by atoms with Crippen molar-refractivity contribution < 1.29 is 0 Å². The van der Waals surface area contributed by atoms with Crippen molar-refractivity contribution in [2.45, 2.75) is 44.3 Å². The Morgan fingerprint density at radius 3 is 2.62 bits per heavy atom. The molecule has 1 fully saturated rings. The number of rotatable bonds is 7. The molecular weight excluding hydrogens is 282 g/mol. The van der Waals surface area contributed by atoms with E-state index in [0.29, 0.717) is 6.04 Å². The van der Waals surface area contributed by atoms with Crippen LogP contribution in [0, 0.1) is 0 Å². The third-order valence-electron chi connectivity index (χ3n) is 3.62. The van der Waals surface area contributed by atoms with Gasteiger partial charge in [-0.15, -0.1) is 0 Å². The van der Waals surface area contributed by atoms with Gasteiger partial charge in [-0.25, -0.2) is 9.97 Å². The molecule has 1 aliphatic rings. The molecule has 5 nitrogen and oxygen atoms in total. The molecule has 1 aliphatic heterocycles. The zero-order valence-electron chi connectivity index (χ0n) is 13.4. The zero-order valence-corrected chi connectivity index (χ0v) is 14.2. The van der Waals surface area contributed by atoms with Gasteiger partial charge in [0, 0.05) is 25.2 Å². The first-order chi connectivity index (χ1) is 10.2. The molecule has 118 valence electrons. The molecule has 0 aliphatic carbocycles. The molecule has 2 rings (SSSR count). The van der Waals surface area contributed by atoms with E-state index in [1.165, 1.54) is 32.4 Å². The standard InChI is InChI=1S/C15H27N5S/c1-4-16-13-10-14(19-15(18-13)21-3)17-12(2)11-20-8-6-5-7-9-20/h10,12H,4-9,11H2,1-3H3,(H2,16,17,18,19). The van der Waals surface area contributed by atoms with Crippen molar-refractivity contribution in [1.29, 1.82) is 0 Å². The predicted molar refractivity (Wildman–Crippen MR) is 91.4 cm³/mol. The Bertz CT molecular complexity index is 434. The zero-order chi connectivity index (χ0) is 15.1. The van der Waals surface area contributed by atoms with E-state index in [4.69, 9.17) is 0 Å². The average Bonchev–Trinajstić information content (AvgIpc) is 2.48. The maximum Gasteiger partial charge on any atom is 0.191 e. The average molecular weight is 309 g/mol. The maximum atomic E-state index is 4.55. The molecule has 1 atom stereocenters. The largest absolute Gasteiger partial charge is 0.370 e. The van der Waals surface area contributed by atoms with Gasteiger partial charge in [0.25, 0.3) is 0 Å². The molecule has 0 bridgehead atoms. The maximum absolute atomic E-state index is 4.55. The van der Waals surface area contributed by atoms with Crippen molar-refractivity contribution in [1.82, 2.24) is 14.9 Å². The van der Waals surface area contributed by atoms with Crippen LogP contribution in [0.25, 0.3) is 0 Å². The lowest BCUT2D eigenvalue weighted by atomic mass is 10.1. The van der Waals surface area contributed by atoms with Crippen LogP contribution in [0.15, 0.2) is 11.2 Å². The van der Waals surface area contributed by atoms with Crippen LogP contribution < -0.4 is 10.6 Å². The van der Waals surface area contributed by atoms with E-state index in [9.17, 15) is 0 Å². The number of likely N-dealkylation sites (tertiary alicyclic amines) is 1. The highest BCUT2D eigenvalue weighted by atomic mass is 32.2. The van der Waals surface area contributed by atoms with E-state index >= 15 is 0 Å². The first kappa shape index (κ1) is 16.4. The summed E-state index contributed by atoms with van der Waals surface area (Å²) >= 11 is 1.57. The number of hydrogen-bond acceptors (Lipinski definition) is 6. The van der Waals surface area contributed by atoms with Gasteiger partial charge in [-0.3, -0.25) is 0 Å². The number of aromatic nitrogens is 2.